The van der Waals surface area contributed by atoms with Gasteiger partial charge in [0.1, 0.15) is 0 Å². The molecule has 2 N–H and O–H groups in total. The molecule has 2 aliphatic carbocycles. The number of carbonyl (C=O) groups is 4. The zero-order valence-electron chi connectivity index (χ0n) is 32.8. The molecular formula is C46H46I2N2O8. The molecule has 0 saturated carbocycles. The highest BCUT2D eigenvalue weighted by atomic mass is 128. The summed E-state index contributed by atoms with van der Waals surface area (Å²) >= 11 is 4.24. The maximum Gasteiger partial charge on any atom is 0.335 e. The highest BCUT2D eigenvalue weighted by Gasteiger charge is 2.31. The number of hydrogen-bond donors (Lipinski definition) is 2. The average Bonchev–Trinajstić information content (AvgIpc) is 3.28. The first-order chi connectivity index (χ1) is 28.2. The number of anilines is 2. The van der Waals surface area contributed by atoms with Crippen LogP contribution in [0.3, 0.4) is 0 Å². The largest absolute Gasteiger partial charge is 0.466 e. The van der Waals surface area contributed by atoms with Crippen LogP contribution in [-0.4, -0.2) is 52.3 Å². The van der Waals surface area contributed by atoms with Gasteiger partial charge in [-0.25, -0.2) is 19.2 Å². The maximum absolute atomic E-state index is 12.5. The van der Waals surface area contributed by atoms with E-state index in [1.54, 1.807) is 0 Å². The fourth-order valence-corrected chi connectivity index (χ4v) is 6.64. The van der Waals surface area contributed by atoms with Crippen LogP contribution in [0.1, 0.15) is 36.8 Å². The summed E-state index contributed by atoms with van der Waals surface area (Å²) in [4.78, 5) is 49.8. The number of benzene rings is 4. The van der Waals surface area contributed by atoms with Crippen molar-refractivity contribution in [3.05, 3.63) is 177 Å². The lowest BCUT2D eigenvalue weighted by Gasteiger charge is -2.25. The van der Waals surface area contributed by atoms with Crippen molar-refractivity contribution in [1.82, 2.24) is 0 Å². The van der Waals surface area contributed by atoms with Crippen LogP contribution in [0.25, 0.3) is 0 Å². The molecule has 0 spiro atoms. The summed E-state index contributed by atoms with van der Waals surface area (Å²) in [6, 6.07) is 38.8. The van der Waals surface area contributed by atoms with Crippen LogP contribution in [0.15, 0.2) is 166 Å². The van der Waals surface area contributed by atoms with E-state index in [0.717, 1.165) is 33.6 Å². The highest BCUT2D eigenvalue weighted by molar-refractivity contribution is 15.0. The van der Waals surface area contributed by atoms with Crippen LogP contribution in [0, 0.1) is 0 Å². The standard InChI is InChI=1S/2C23H23NO4.I2/c2*1-27-22(25)19-15-21(24-18-11-7-4-8-12-18)20(23(26)28-2)14-17(19)13-16-9-5-3-6-10-16;1-2/h2*3-12,24H,13-15H2,1-2H3;. The minimum atomic E-state index is -0.395. The smallest absolute Gasteiger partial charge is 0.335 e. The molecule has 10 nitrogen and oxygen atoms in total. The van der Waals surface area contributed by atoms with E-state index in [-0.39, 0.29) is 24.8 Å². The molecule has 302 valence electrons. The number of methoxy groups -OCH3 is 4. The van der Waals surface area contributed by atoms with Gasteiger partial charge in [0.25, 0.3) is 0 Å². The minimum absolute atomic E-state index is 0.286. The van der Waals surface area contributed by atoms with Gasteiger partial charge in [-0.1, -0.05) is 108 Å². The van der Waals surface area contributed by atoms with E-state index in [9.17, 15) is 19.2 Å². The summed E-state index contributed by atoms with van der Waals surface area (Å²) in [6.45, 7) is 0. The van der Waals surface area contributed by atoms with Gasteiger partial charge >= 0.3 is 23.9 Å². The molecule has 12 heteroatoms. The van der Waals surface area contributed by atoms with E-state index in [2.05, 4.69) is 47.9 Å². The van der Waals surface area contributed by atoms with Gasteiger partial charge < -0.3 is 29.6 Å². The molecular weight excluding hydrogens is 962 g/mol. The summed E-state index contributed by atoms with van der Waals surface area (Å²) in [6.07, 6.45) is 2.39. The molecule has 6 rings (SSSR count). The number of halogens is 2. The summed E-state index contributed by atoms with van der Waals surface area (Å²) in [7, 11) is 5.48. The lowest BCUT2D eigenvalue weighted by molar-refractivity contribution is -0.137. The van der Waals surface area contributed by atoms with Crippen molar-refractivity contribution >= 4 is 72.5 Å². The normalized spacial score (nSPS) is 13.6. The lowest BCUT2D eigenvalue weighted by Crippen LogP contribution is -2.22. The molecule has 0 amide bonds. The van der Waals surface area contributed by atoms with Crippen molar-refractivity contribution in [2.24, 2.45) is 0 Å². The third kappa shape index (κ3) is 12.9. The van der Waals surface area contributed by atoms with Crippen molar-refractivity contribution < 1.29 is 38.1 Å². The first-order valence-electron chi connectivity index (χ1n) is 18.3. The van der Waals surface area contributed by atoms with Gasteiger partial charge in [0.15, 0.2) is 0 Å². The number of esters is 4. The van der Waals surface area contributed by atoms with E-state index < -0.39 is 11.9 Å². The van der Waals surface area contributed by atoms with Crippen LogP contribution in [0.4, 0.5) is 11.4 Å². The number of ether oxygens (including phenoxy) is 4. The van der Waals surface area contributed by atoms with E-state index in [0.29, 0.717) is 59.4 Å². The van der Waals surface area contributed by atoms with Crippen LogP contribution in [-0.2, 0) is 51.0 Å². The van der Waals surface area contributed by atoms with Gasteiger partial charge in [-0.2, -0.15) is 0 Å². The Morgan fingerprint density at radius 3 is 1.00 bits per heavy atom. The summed E-state index contributed by atoms with van der Waals surface area (Å²) in [5.74, 6) is -1.54. The Balaban J connectivity index is 0.000000246. The van der Waals surface area contributed by atoms with Gasteiger partial charge in [-0.05, 0) is 48.2 Å². The fraction of sp³-hybridized carbons (Fsp3) is 0.217. The second-order valence-corrected chi connectivity index (χ2v) is 13.1. The number of allylic oxidation sites excluding steroid dienone is 4. The summed E-state index contributed by atoms with van der Waals surface area (Å²) in [5.41, 5.74) is 9.12. The van der Waals surface area contributed by atoms with Crippen molar-refractivity contribution in [1.29, 1.82) is 0 Å². The maximum atomic E-state index is 12.5. The van der Waals surface area contributed by atoms with Crippen molar-refractivity contribution in [2.75, 3.05) is 39.1 Å². The Hall–Kier alpha value is -5.22. The van der Waals surface area contributed by atoms with E-state index in [4.69, 9.17) is 18.9 Å². The molecule has 58 heavy (non-hydrogen) atoms. The van der Waals surface area contributed by atoms with E-state index in [1.165, 1.54) is 28.4 Å². The van der Waals surface area contributed by atoms with E-state index >= 15 is 0 Å². The predicted molar refractivity (Wildman–Crippen MR) is 243 cm³/mol. The molecule has 0 aliphatic heterocycles. The van der Waals surface area contributed by atoms with Gasteiger partial charge in [0.05, 0.1) is 39.6 Å². The van der Waals surface area contributed by atoms with Crippen LogP contribution in [0.5, 0.6) is 0 Å². The predicted octanol–water partition coefficient (Wildman–Crippen LogP) is 9.83. The Kier molecular flexibility index (Phi) is 18.7. The average molecular weight is 1010 g/mol. The topological polar surface area (TPSA) is 129 Å². The first kappa shape index (κ1) is 45.5. The highest BCUT2D eigenvalue weighted by Crippen LogP contribution is 2.35. The SMILES string of the molecule is COC(=O)C1=C(Cc2ccccc2)CC(C(=O)OC)=C(Nc2ccccc2)C1.COC(=O)C1=C(Cc2ccccc2)CC(C(=O)OC)=C(Nc2ccccc2)C1.II. The molecule has 4 aromatic carbocycles. The molecule has 4 aromatic rings. The van der Waals surface area contributed by atoms with Crippen molar-refractivity contribution in [3.8, 4) is 0 Å². The number of nitrogens with one attached hydrogen (secondary N) is 2. The van der Waals surface area contributed by atoms with Gasteiger partial charge in [-0.15, -0.1) is 0 Å². The molecule has 0 saturated heterocycles. The Morgan fingerprint density at radius 1 is 0.431 bits per heavy atom. The molecule has 0 unspecified atom stereocenters. The number of carbonyl (C=O) groups excluding carboxylic acids is 4. The molecule has 0 radical (unpaired) electrons. The monoisotopic (exact) mass is 1010 g/mol. The van der Waals surface area contributed by atoms with Crippen LogP contribution in [0.2, 0.25) is 0 Å². The molecule has 0 atom stereocenters. The van der Waals surface area contributed by atoms with Gasteiger partial charge in [-0.3, -0.25) is 0 Å². The minimum Gasteiger partial charge on any atom is -0.466 e. The van der Waals surface area contributed by atoms with Crippen LogP contribution >= 0.6 is 37.2 Å². The Morgan fingerprint density at radius 2 is 0.707 bits per heavy atom. The van der Waals surface area contributed by atoms with Gasteiger partial charge in [0, 0.05) is 96.8 Å². The number of hydrogen-bond acceptors (Lipinski definition) is 10. The Labute approximate surface area is 363 Å². The third-order valence-corrected chi connectivity index (χ3v) is 9.46. The number of rotatable bonds is 12. The first-order valence-corrected chi connectivity index (χ1v) is 24.6. The molecule has 2 aliphatic rings. The Bertz CT molecular complexity index is 1840. The lowest BCUT2D eigenvalue weighted by atomic mass is 9.85. The van der Waals surface area contributed by atoms with Gasteiger partial charge in [0.2, 0.25) is 0 Å². The van der Waals surface area contributed by atoms with Crippen molar-refractivity contribution in [3.63, 3.8) is 0 Å². The van der Waals surface area contributed by atoms with Crippen molar-refractivity contribution in [2.45, 2.75) is 38.5 Å². The number of para-hydroxylation sites is 2. The second-order valence-electron chi connectivity index (χ2n) is 13.1. The zero-order valence-corrected chi connectivity index (χ0v) is 37.1. The quantitative estimate of drug-likeness (QED) is 0.0804. The molecule has 0 fully saturated rings. The van der Waals surface area contributed by atoms with Crippen LogP contribution < -0.4 is 10.6 Å². The summed E-state index contributed by atoms with van der Waals surface area (Å²) < 4.78 is 20.0. The third-order valence-electron chi connectivity index (χ3n) is 9.46. The molecule has 0 heterocycles. The molecule has 0 aromatic heterocycles. The second kappa shape index (κ2) is 23.9. The zero-order chi connectivity index (χ0) is 41.9. The summed E-state index contributed by atoms with van der Waals surface area (Å²) in [5, 5.41) is 6.55. The molecule has 0 bridgehead atoms. The fourth-order valence-electron chi connectivity index (χ4n) is 6.64. The van der Waals surface area contributed by atoms with E-state index in [1.807, 2.05) is 121 Å².